The summed E-state index contributed by atoms with van der Waals surface area (Å²) in [5.41, 5.74) is 1.27. The van der Waals surface area contributed by atoms with Gasteiger partial charge in [-0.3, -0.25) is 4.99 Å². The molecule has 1 aliphatic rings. The van der Waals surface area contributed by atoms with Crippen molar-refractivity contribution in [1.82, 2.24) is 10.6 Å². The normalized spacial score (nSPS) is 19.2. The number of benzene rings is 1. The van der Waals surface area contributed by atoms with Crippen molar-refractivity contribution in [3.05, 3.63) is 30.3 Å². The number of nitrogens with one attached hydrogen (secondary N) is 2. The summed E-state index contributed by atoms with van der Waals surface area (Å²) in [7, 11) is 0. The van der Waals surface area contributed by atoms with Crippen molar-refractivity contribution in [2.75, 3.05) is 37.7 Å². The van der Waals surface area contributed by atoms with Gasteiger partial charge in [0.1, 0.15) is 0 Å². The lowest BCUT2D eigenvalue weighted by Gasteiger charge is -2.20. The van der Waals surface area contributed by atoms with E-state index in [-0.39, 0.29) is 6.61 Å². The number of para-hydroxylation sites is 1. The van der Waals surface area contributed by atoms with E-state index in [0.717, 1.165) is 32.0 Å². The Kier molecular flexibility index (Phi) is 5.68. The highest BCUT2D eigenvalue weighted by Crippen LogP contribution is 2.19. The highest BCUT2D eigenvalue weighted by Gasteiger charge is 2.23. The Hall–Kier alpha value is -1.75. The van der Waals surface area contributed by atoms with Gasteiger partial charge in [-0.05, 0) is 25.5 Å². The first-order chi connectivity index (χ1) is 9.83. The van der Waals surface area contributed by atoms with Gasteiger partial charge in [-0.25, -0.2) is 0 Å². The van der Waals surface area contributed by atoms with Crippen LogP contribution in [0.25, 0.3) is 0 Å². The summed E-state index contributed by atoms with van der Waals surface area (Å²) >= 11 is 0. The molecule has 1 saturated heterocycles. The quantitative estimate of drug-likeness (QED) is 0.550. The Morgan fingerprint density at radius 1 is 1.40 bits per heavy atom. The van der Waals surface area contributed by atoms with E-state index in [1.807, 2.05) is 13.0 Å². The Bertz CT molecular complexity index is 421. The van der Waals surface area contributed by atoms with Gasteiger partial charge < -0.3 is 20.6 Å². The predicted octanol–water partition coefficient (Wildman–Crippen LogP) is 0.813. The molecule has 1 unspecified atom stereocenters. The van der Waals surface area contributed by atoms with Crippen LogP contribution in [0.2, 0.25) is 0 Å². The van der Waals surface area contributed by atoms with E-state index < -0.39 is 0 Å². The molecule has 5 heteroatoms. The first-order valence-electron chi connectivity index (χ1n) is 7.29. The summed E-state index contributed by atoms with van der Waals surface area (Å²) in [6.45, 7) is 5.42. The van der Waals surface area contributed by atoms with Crippen molar-refractivity contribution >= 4 is 11.6 Å². The van der Waals surface area contributed by atoms with Gasteiger partial charge in [-0.15, -0.1) is 0 Å². The van der Waals surface area contributed by atoms with Crippen molar-refractivity contribution < 1.29 is 5.11 Å². The van der Waals surface area contributed by atoms with Crippen LogP contribution in [0.3, 0.4) is 0 Å². The lowest BCUT2D eigenvalue weighted by molar-refractivity contribution is 0.306. The number of aliphatic imine (C=N–C) groups is 1. The Labute approximate surface area is 120 Å². The number of rotatable bonds is 5. The maximum Gasteiger partial charge on any atom is 0.191 e. The minimum atomic E-state index is 0.0807. The molecule has 0 aliphatic carbocycles. The standard InChI is InChI=1S/C15H24N4O/c1-2-16-15(17-9-11-20)18-13-8-10-19(12-13)14-6-4-3-5-7-14/h3-7,13,20H,2,8-12H2,1H3,(H2,16,17,18). The van der Waals surface area contributed by atoms with Crippen LogP contribution in [0.5, 0.6) is 0 Å². The molecule has 20 heavy (non-hydrogen) atoms. The van der Waals surface area contributed by atoms with E-state index >= 15 is 0 Å². The SMILES string of the molecule is CCNC(=NCCO)NC1CCN(c2ccccc2)C1. The van der Waals surface area contributed by atoms with Gasteiger partial charge >= 0.3 is 0 Å². The smallest absolute Gasteiger partial charge is 0.191 e. The third kappa shape index (κ3) is 4.13. The molecule has 1 atom stereocenters. The number of aliphatic hydroxyl groups is 1. The van der Waals surface area contributed by atoms with Crippen LogP contribution in [0.4, 0.5) is 5.69 Å². The topological polar surface area (TPSA) is 59.9 Å². The molecular formula is C15H24N4O. The molecule has 3 N–H and O–H groups in total. The monoisotopic (exact) mass is 276 g/mol. The van der Waals surface area contributed by atoms with Gasteiger partial charge in [0.2, 0.25) is 0 Å². The van der Waals surface area contributed by atoms with Crippen LogP contribution in [0.1, 0.15) is 13.3 Å². The van der Waals surface area contributed by atoms with Crippen molar-refractivity contribution in [3.8, 4) is 0 Å². The molecular weight excluding hydrogens is 252 g/mol. The van der Waals surface area contributed by atoms with Crippen LogP contribution >= 0.6 is 0 Å². The minimum absolute atomic E-state index is 0.0807. The van der Waals surface area contributed by atoms with Gasteiger partial charge in [0.05, 0.1) is 13.2 Å². The molecule has 0 amide bonds. The average molecular weight is 276 g/mol. The third-order valence-electron chi connectivity index (χ3n) is 3.36. The fourth-order valence-electron chi connectivity index (χ4n) is 2.43. The van der Waals surface area contributed by atoms with Crippen LogP contribution < -0.4 is 15.5 Å². The number of guanidine groups is 1. The Morgan fingerprint density at radius 2 is 2.20 bits per heavy atom. The molecule has 0 aromatic heterocycles. The molecule has 0 saturated carbocycles. The molecule has 1 heterocycles. The second-order valence-corrected chi connectivity index (χ2v) is 4.90. The van der Waals surface area contributed by atoms with Gasteiger partial charge in [-0.2, -0.15) is 0 Å². The fourth-order valence-corrected chi connectivity index (χ4v) is 2.43. The predicted molar refractivity (Wildman–Crippen MR) is 83.3 cm³/mol. The van der Waals surface area contributed by atoms with Crippen molar-refractivity contribution in [1.29, 1.82) is 0 Å². The number of hydrogen-bond donors (Lipinski definition) is 3. The molecule has 1 fully saturated rings. The maximum atomic E-state index is 8.86. The number of hydrogen-bond acceptors (Lipinski definition) is 3. The molecule has 1 aromatic rings. The maximum absolute atomic E-state index is 8.86. The summed E-state index contributed by atoms with van der Waals surface area (Å²) in [5, 5.41) is 15.5. The van der Waals surface area contributed by atoms with Crippen LogP contribution in [0.15, 0.2) is 35.3 Å². The zero-order chi connectivity index (χ0) is 14.2. The molecule has 1 aromatic carbocycles. The fraction of sp³-hybridized carbons (Fsp3) is 0.533. The largest absolute Gasteiger partial charge is 0.394 e. The number of anilines is 1. The number of nitrogens with zero attached hydrogens (tertiary/aromatic N) is 2. The van der Waals surface area contributed by atoms with Crippen molar-refractivity contribution in [3.63, 3.8) is 0 Å². The molecule has 5 nitrogen and oxygen atoms in total. The van der Waals surface area contributed by atoms with Crippen LogP contribution in [-0.4, -0.2) is 49.9 Å². The molecule has 2 rings (SSSR count). The minimum Gasteiger partial charge on any atom is -0.394 e. The van der Waals surface area contributed by atoms with E-state index in [4.69, 9.17) is 5.11 Å². The molecule has 0 bridgehead atoms. The first kappa shape index (κ1) is 14.7. The van der Waals surface area contributed by atoms with Gasteiger partial charge in [0, 0.05) is 31.4 Å². The number of aliphatic hydroxyl groups excluding tert-OH is 1. The third-order valence-corrected chi connectivity index (χ3v) is 3.36. The second kappa shape index (κ2) is 7.75. The van der Waals surface area contributed by atoms with Crippen molar-refractivity contribution in [2.45, 2.75) is 19.4 Å². The van der Waals surface area contributed by atoms with E-state index in [1.54, 1.807) is 0 Å². The molecule has 0 spiro atoms. The zero-order valence-electron chi connectivity index (χ0n) is 12.0. The summed E-state index contributed by atoms with van der Waals surface area (Å²) in [6.07, 6.45) is 1.10. The Morgan fingerprint density at radius 3 is 2.90 bits per heavy atom. The van der Waals surface area contributed by atoms with E-state index in [2.05, 4.69) is 44.8 Å². The summed E-state index contributed by atoms with van der Waals surface area (Å²) in [5.74, 6) is 0.793. The van der Waals surface area contributed by atoms with Crippen molar-refractivity contribution in [2.24, 2.45) is 4.99 Å². The molecule has 110 valence electrons. The summed E-state index contributed by atoms with van der Waals surface area (Å²) < 4.78 is 0. The van der Waals surface area contributed by atoms with E-state index in [0.29, 0.717) is 12.6 Å². The Balaban J connectivity index is 1.88. The van der Waals surface area contributed by atoms with Gasteiger partial charge in [0.25, 0.3) is 0 Å². The summed E-state index contributed by atoms with van der Waals surface area (Å²) in [4.78, 5) is 6.70. The van der Waals surface area contributed by atoms with Gasteiger partial charge in [-0.1, -0.05) is 18.2 Å². The highest BCUT2D eigenvalue weighted by atomic mass is 16.3. The average Bonchev–Trinajstić information content (AvgIpc) is 2.94. The molecule has 1 aliphatic heterocycles. The zero-order valence-corrected chi connectivity index (χ0v) is 12.0. The summed E-state index contributed by atoms with van der Waals surface area (Å²) in [6, 6.07) is 10.9. The first-order valence-corrected chi connectivity index (χ1v) is 7.29. The highest BCUT2D eigenvalue weighted by molar-refractivity contribution is 5.80. The van der Waals surface area contributed by atoms with Crippen LogP contribution in [-0.2, 0) is 0 Å². The van der Waals surface area contributed by atoms with E-state index in [1.165, 1.54) is 5.69 Å². The lowest BCUT2D eigenvalue weighted by Crippen LogP contribution is -2.44. The van der Waals surface area contributed by atoms with E-state index in [9.17, 15) is 0 Å². The van der Waals surface area contributed by atoms with Crippen LogP contribution in [0, 0.1) is 0 Å². The lowest BCUT2D eigenvalue weighted by atomic mass is 10.3. The molecule has 0 radical (unpaired) electrons. The second-order valence-electron chi connectivity index (χ2n) is 4.90. The van der Waals surface area contributed by atoms with Gasteiger partial charge in [0.15, 0.2) is 5.96 Å².